The summed E-state index contributed by atoms with van der Waals surface area (Å²) in [5.74, 6) is -2.76. The van der Waals surface area contributed by atoms with Crippen LogP contribution in [0.2, 0.25) is 0 Å². The van der Waals surface area contributed by atoms with Crippen LogP contribution in [0.5, 0.6) is 0 Å². The number of carbonyl (C=O) groups is 5. The highest BCUT2D eigenvalue weighted by atomic mass is 16.5. The highest BCUT2D eigenvalue weighted by Gasteiger charge is 2.34. The summed E-state index contributed by atoms with van der Waals surface area (Å²) in [5, 5.41) is 18.8. The zero-order valence-corrected chi connectivity index (χ0v) is 26.5. The lowest BCUT2D eigenvalue weighted by atomic mass is 9.81. The summed E-state index contributed by atoms with van der Waals surface area (Å²) in [6, 6.07) is 23.1. The summed E-state index contributed by atoms with van der Waals surface area (Å²) in [6.07, 6.45) is 3.17. The molecule has 0 spiro atoms. The fourth-order valence-electron chi connectivity index (χ4n) is 6.10. The summed E-state index contributed by atoms with van der Waals surface area (Å²) in [6.45, 7) is 0.0406. The van der Waals surface area contributed by atoms with Crippen molar-refractivity contribution in [2.24, 2.45) is 5.92 Å². The van der Waals surface area contributed by atoms with Crippen molar-refractivity contribution in [3.8, 4) is 0 Å². The minimum Gasteiger partial charge on any atom is -0.480 e. The van der Waals surface area contributed by atoms with E-state index in [4.69, 9.17) is 4.74 Å². The molecule has 250 valence electrons. The van der Waals surface area contributed by atoms with Gasteiger partial charge in [0.15, 0.2) is 5.78 Å². The number of carboxylic acids is 1. The fraction of sp³-hybridized carbons (Fsp3) is 0.324. The van der Waals surface area contributed by atoms with E-state index < -0.39 is 47.9 Å². The Morgan fingerprint density at radius 2 is 1.52 bits per heavy atom. The van der Waals surface area contributed by atoms with Crippen LogP contribution in [0, 0.1) is 5.92 Å². The Labute approximate surface area is 278 Å². The summed E-state index contributed by atoms with van der Waals surface area (Å²) in [4.78, 5) is 67.6. The van der Waals surface area contributed by atoms with Gasteiger partial charge in [-0.3, -0.25) is 14.4 Å². The Hall–Kier alpha value is -5.45. The lowest BCUT2D eigenvalue weighted by Crippen LogP contribution is -2.54. The number of aromatic amines is 1. The number of ketones is 1. The van der Waals surface area contributed by atoms with Crippen LogP contribution in [0.1, 0.15) is 48.8 Å². The molecule has 11 heteroatoms. The van der Waals surface area contributed by atoms with E-state index in [1.807, 2.05) is 84.9 Å². The van der Waals surface area contributed by atoms with E-state index in [-0.39, 0.29) is 38.1 Å². The van der Waals surface area contributed by atoms with Gasteiger partial charge in [-0.05, 0) is 42.0 Å². The van der Waals surface area contributed by atoms with Crippen molar-refractivity contribution >= 4 is 40.6 Å². The van der Waals surface area contributed by atoms with Gasteiger partial charge in [0.25, 0.3) is 0 Å². The molecule has 0 saturated heterocycles. The molecule has 1 heterocycles. The summed E-state index contributed by atoms with van der Waals surface area (Å²) in [5.41, 5.74) is 3.29. The molecule has 0 bridgehead atoms. The molecule has 11 nitrogen and oxygen atoms in total. The number of fused-ring (bicyclic) bond motifs is 1. The molecule has 4 aromatic rings. The molecule has 1 aromatic heterocycles. The molecule has 1 aliphatic rings. The van der Waals surface area contributed by atoms with Crippen LogP contribution in [0.15, 0.2) is 91.1 Å². The van der Waals surface area contributed by atoms with Gasteiger partial charge in [-0.1, -0.05) is 85.3 Å². The molecule has 1 fully saturated rings. The lowest BCUT2D eigenvalue weighted by Gasteiger charge is -2.30. The normalized spacial score (nSPS) is 17.2. The molecular weight excluding hydrogens is 612 g/mol. The Bertz CT molecular complexity index is 1720. The highest BCUT2D eigenvalue weighted by molar-refractivity contribution is 5.94. The van der Waals surface area contributed by atoms with Crippen molar-refractivity contribution in [3.63, 3.8) is 0 Å². The van der Waals surface area contributed by atoms with Gasteiger partial charge >= 0.3 is 12.1 Å². The average molecular weight is 653 g/mol. The average Bonchev–Trinajstić information content (AvgIpc) is 3.50. The number of nitrogens with one attached hydrogen (secondary N) is 4. The number of ether oxygens (including phenoxy) is 1. The molecule has 5 rings (SSSR count). The number of Topliss-reactive ketones (excluding diaryl/α,β-unsaturated/α-hetero) is 1. The number of aliphatic carboxylic acids is 1. The van der Waals surface area contributed by atoms with E-state index >= 15 is 0 Å². The van der Waals surface area contributed by atoms with Gasteiger partial charge in [-0.2, -0.15) is 0 Å². The van der Waals surface area contributed by atoms with Gasteiger partial charge < -0.3 is 30.8 Å². The largest absolute Gasteiger partial charge is 0.480 e. The number of benzene rings is 3. The van der Waals surface area contributed by atoms with Crippen LogP contribution in [0.3, 0.4) is 0 Å². The van der Waals surface area contributed by atoms with Gasteiger partial charge in [0.2, 0.25) is 11.8 Å². The van der Waals surface area contributed by atoms with E-state index in [2.05, 4.69) is 20.9 Å². The van der Waals surface area contributed by atoms with E-state index in [0.29, 0.717) is 19.3 Å². The second-order valence-corrected chi connectivity index (χ2v) is 12.1. The lowest BCUT2D eigenvalue weighted by molar-refractivity contribution is -0.142. The van der Waals surface area contributed by atoms with Gasteiger partial charge in [-0.25, -0.2) is 9.59 Å². The Morgan fingerprint density at radius 1 is 0.833 bits per heavy atom. The number of para-hydroxylation sites is 1. The fourth-order valence-corrected chi connectivity index (χ4v) is 6.10. The van der Waals surface area contributed by atoms with E-state index in [1.54, 1.807) is 6.20 Å². The number of carbonyl (C=O) groups excluding carboxylic acids is 4. The first kappa shape index (κ1) is 33.9. The number of rotatable bonds is 14. The molecule has 0 radical (unpaired) electrons. The molecule has 0 unspecified atom stereocenters. The van der Waals surface area contributed by atoms with Crippen LogP contribution < -0.4 is 16.0 Å². The van der Waals surface area contributed by atoms with Crippen LogP contribution >= 0.6 is 0 Å². The zero-order chi connectivity index (χ0) is 33.9. The van der Waals surface area contributed by atoms with Crippen molar-refractivity contribution in [1.29, 1.82) is 0 Å². The third-order valence-corrected chi connectivity index (χ3v) is 8.66. The zero-order valence-electron chi connectivity index (χ0n) is 26.5. The standard InChI is InChI=1S/C37H40N4O7/c42-33(39-32(36(45)46)21-27-22-38-29-16-8-7-15-28(27)29)19-18-26-14-9-17-30(34(26)43)40-35(44)31(20-24-10-3-1-4-11-24)41-37(47)48-23-25-12-5-2-6-13-25/h1-8,10-13,15-16,22,26,30-32,38H,9,14,17-21,23H2,(H,39,42)(H,40,44)(H,41,47)(H,45,46)/t26-,30-,31+,32+/m1/s1. The van der Waals surface area contributed by atoms with E-state index in [0.717, 1.165) is 27.6 Å². The number of carboxylic acid groups (broad SMARTS) is 1. The Morgan fingerprint density at radius 3 is 2.25 bits per heavy atom. The minimum absolute atomic E-state index is 0.0276. The second-order valence-electron chi connectivity index (χ2n) is 12.1. The number of H-pyrrole nitrogens is 1. The number of aromatic nitrogens is 1. The summed E-state index contributed by atoms with van der Waals surface area (Å²) in [7, 11) is 0. The molecule has 4 atom stereocenters. The number of alkyl carbamates (subject to hydrolysis) is 1. The summed E-state index contributed by atoms with van der Waals surface area (Å²) >= 11 is 0. The molecule has 1 saturated carbocycles. The van der Waals surface area contributed by atoms with Crippen molar-refractivity contribution in [2.75, 3.05) is 0 Å². The molecule has 3 amide bonds. The maximum absolute atomic E-state index is 13.5. The third-order valence-electron chi connectivity index (χ3n) is 8.66. The first-order chi connectivity index (χ1) is 23.3. The highest BCUT2D eigenvalue weighted by Crippen LogP contribution is 2.26. The van der Waals surface area contributed by atoms with Crippen molar-refractivity contribution < 1.29 is 33.8 Å². The molecule has 1 aliphatic carbocycles. The van der Waals surface area contributed by atoms with Crippen LogP contribution in [0.25, 0.3) is 10.9 Å². The molecule has 3 aromatic carbocycles. The molecule has 48 heavy (non-hydrogen) atoms. The maximum Gasteiger partial charge on any atom is 0.408 e. The van der Waals surface area contributed by atoms with Gasteiger partial charge in [-0.15, -0.1) is 0 Å². The third kappa shape index (κ3) is 9.31. The monoisotopic (exact) mass is 652 g/mol. The van der Waals surface area contributed by atoms with Gasteiger partial charge in [0.05, 0.1) is 6.04 Å². The number of hydrogen-bond donors (Lipinski definition) is 5. The van der Waals surface area contributed by atoms with Crippen LogP contribution in [0.4, 0.5) is 4.79 Å². The molecule has 0 aliphatic heterocycles. The van der Waals surface area contributed by atoms with Gasteiger partial charge in [0.1, 0.15) is 18.7 Å². The van der Waals surface area contributed by atoms with Crippen molar-refractivity contribution in [1.82, 2.24) is 20.9 Å². The maximum atomic E-state index is 13.5. The molecule has 5 N–H and O–H groups in total. The molecular formula is C37H40N4O7. The van der Waals surface area contributed by atoms with Crippen molar-refractivity contribution in [3.05, 3.63) is 108 Å². The van der Waals surface area contributed by atoms with Gasteiger partial charge in [0, 0.05) is 42.3 Å². The van der Waals surface area contributed by atoms with Crippen molar-refractivity contribution in [2.45, 2.75) is 69.7 Å². The minimum atomic E-state index is -1.15. The first-order valence-corrected chi connectivity index (χ1v) is 16.2. The predicted octanol–water partition coefficient (Wildman–Crippen LogP) is 4.45. The van der Waals surface area contributed by atoms with E-state index in [9.17, 15) is 29.1 Å². The quantitative estimate of drug-likeness (QED) is 0.134. The topological polar surface area (TPSA) is 167 Å². The first-order valence-electron chi connectivity index (χ1n) is 16.2. The smallest absolute Gasteiger partial charge is 0.408 e. The Kier molecular flexibility index (Phi) is 11.6. The van der Waals surface area contributed by atoms with E-state index in [1.165, 1.54) is 0 Å². The number of amides is 3. The SMILES string of the molecule is O=C(CC[C@H]1CCC[C@@H](NC(=O)[C@H](Cc2ccccc2)NC(=O)OCc2ccccc2)C1=O)N[C@@H](Cc1c[nH]c2ccccc12)C(=O)O. The second kappa shape index (κ2) is 16.4. The summed E-state index contributed by atoms with van der Waals surface area (Å²) < 4.78 is 5.35. The van der Waals surface area contributed by atoms with Crippen LogP contribution in [-0.4, -0.2) is 57.9 Å². The Balaban J connectivity index is 1.15. The number of hydrogen-bond acceptors (Lipinski definition) is 6. The predicted molar refractivity (Wildman–Crippen MR) is 179 cm³/mol. The van der Waals surface area contributed by atoms with Crippen LogP contribution in [-0.2, 0) is 43.4 Å².